The number of methoxy groups -OCH3 is 1. The zero-order chi connectivity index (χ0) is 14.5. The summed E-state index contributed by atoms with van der Waals surface area (Å²) in [5.74, 6) is 0.677. The fraction of sp³-hybridized carbons (Fsp3) is 0.857. The van der Waals surface area contributed by atoms with Gasteiger partial charge in [0.1, 0.15) is 6.61 Å². The average Bonchev–Trinajstić information content (AvgIpc) is 2.86. The van der Waals surface area contributed by atoms with Crippen molar-refractivity contribution in [3.8, 4) is 0 Å². The molecule has 2 heterocycles. The van der Waals surface area contributed by atoms with Gasteiger partial charge in [0.05, 0.1) is 5.92 Å². The van der Waals surface area contributed by atoms with E-state index in [1.807, 2.05) is 4.90 Å². The van der Waals surface area contributed by atoms with Gasteiger partial charge < -0.3 is 20.3 Å². The first-order chi connectivity index (χ1) is 9.61. The molecule has 114 valence electrons. The smallest absolute Gasteiger partial charge is 0.248 e. The quantitative estimate of drug-likeness (QED) is 0.736. The lowest BCUT2D eigenvalue weighted by molar-refractivity contribution is -0.136. The van der Waals surface area contributed by atoms with Gasteiger partial charge in [-0.05, 0) is 25.3 Å². The van der Waals surface area contributed by atoms with Crippen molar-refractivity contribution in [2.75, 3.05) is 39.9 Å². The van der Waals surface area contributed by atoms with Crippen LogP contribution in [0.5, 0.6) is 0 Å². The van der Waals surface area contributed by atoms with E-state index in [9.17, 15) is 9.59 Å². The summed E-state index contributed by atoms with van der Waals surface area (Å²) in [4.78, 5) is 25.7. The van der Waals surface area contributed by atoms with Crippen LogP contribution in [0.15, 0.2) is 0 Å². The molecule has 0 spiro atoms. The zero-order valence-corrected chi connectivity index (χ0v) is 12.4. The van der Waals surface area contributed by atoms with Crippen LogP contribution in [0.3, 0.4) is 0 Å². The lowest BCUT2D eigenvalue weighted by Gasteiger charge is -2.33. The molecule has 2 amide bonds. The number of nitrogens with zero attached hydrogens (tertiary/aromatic N) is 1. The van der Waals surface area contributed by atoms with E-state index in [-0.39, 0.29) is 30.4 Å². The number of hydrogen-bond donors (Lipinski definition) is 2. The van der Waals surface area contributed by atoms with Crippen molar-refractivity contribution in [2.24, 2.45) is 11.8 Å². The van der Waals surface area contributed by atoms with Crippen LogP contribution in [0.1, 0.15) is 19.8 Å². The number of hydrogen-bond acceptors (Lipinski definition) is 4. The van der Waals surface area contributed by atoms with E-state index in [2.05, 4.69) is 17.6 Å². The zero-order valence-electron chi connectivity index (χ0n) is 12.4. The standard InChI is InChI=1S/C14H25N3O3/c1-10-7-15-8-12(10)14(19)16-11-3-5-17(6-4-11)13(18)9-20-2/h10-12,15H,3-9H2,1-2H3,(H,16,19)/t10-,12-/m1/s1. The molecule has 0 saturated carbocycles. The summed E-state index contributed by atoms with van der Waals surface area (Å²) in [5, 5.41) is 6.38. The number of amides is 2. The summed E-state index contributed by atoms with van der Waals surface area (Å²) < 4.78 is 4.86. The first-order valence-corrected chi connectivity index (χ1v) is 7.39. The molecule has 2 rings (SSSR count). The van der Waals surface area contributed by atoms with Crippen LogP contribution in [-0.4, -0.2) is 62.7 Å². The van der Waals surface area contributed by atoms with Crippen LogP contribution in [-0.2, 0) is 14.3 Å². The van der Waals surface area contributed by atoms with Crippen molar-refractivity contribution < 1.29 is 14.3 Å². The minimum atomic E-state index is 0.0332. The summed E-state index contributed by atoms with van der Waals surface area (Å²) in [6.45, 7) is 5.34. The molecule has 0 radical (unpaired) electrons. The largest absolute Gasteiger partial charge is 0.375 e. The van der Waals surface area contributed by atoms with Crippen LogP contribution in [0.25, 0.3) is 0 Å². The van der Waals surface area contributed by atoms with E-state index in [1.165, 1.54) is 7.11 Å². The minimum Gasteiger partial charge on any atom is -0.375 e. The van der Waals surface area contributed by atoms with Crippen LogP contribution < -0.4 is 10.6 Å². The van der Waals surface area contributed by atoms with Gasteiger partial charge in [0.25, 0.3) is 0 Å². The normalized spacial score (nSPS) is 27.6. The Kier molecular flexibility index (Phi) is 5.37. The summed E-state index contributed by atoms with van der Waals surface area (Å²) in [7, 11) is 1.53. The number of piperidine rings is 1. The summed E-state index contributed by atoms with van der Waals surface area (Å²) >= 11 is 0. The number of carbonyl (C=O) groups excluding carboxylic acids is 2. The Hall–Kier alpha value is -1.14. The van der Waals surface area contributed by atoms with Gasteiger partial charge >= 0.3 is 0 Å². The molecule has 2 aliphatic rings. The molecule has 2 atom stereocenters. The highest BCUT2D eigenvalue weighted by molar-refractivity contribution is 5.80. The molecule has 2 fully saturated rings. The van der Waals surface area contributed by atoms with E-state index < -0.39 is 0 Å². The maximum atomic E-state index is 12.2. The second kappa shape index (κ2) is 7.04. The molecule has 20 heavy (non-hydrogen) atoms. The maximum absolute atomic E-state index is 12.2. The average molecular weight is 283 g/mol. The second-order valence-electron chi connectivity index (χ2n) is 5.84. The highest BCUT2D eigenvalue weighted by Gasteiger charge is 2.31. The highest BCUT2D eigenvalue weighted by Crippen LogP contribution is 2.17. The van der Waals surface area contributed by atoms with Gasteiger partial charge in [-0.2, -0.15) is 0 Å². The van der Waals surface area contributed by atoms with E-state index in [4.69, 9.17) is 4.74 Å². The SMILES string of the molecule is COCC(=O)N1CCC(NC(=O)[C@@H]2CNC[C@H]2C)CC1. The number of rotatable bonds is 4. The molecule has 0 bridgehead atoms. The third-order valence-corrected chi connectivity index (χ3v) is 4.32. The molecule has 0 aromatic rings. The van der Waals surface area contributed by atoms with E-state index in [1.54, 1.807) is 0 Å². The summed E-state index contributed by atoms with van der Waals surface area (Å²) in [6.07, 6.45) is 1.66. The predicted octanol–water partition coefficient (Wildman–Crippen LogP) is -0.404. The Morgan fingerprint density at radius 2 is 2.00 bits per heavy atom. The molecular formula is C14H25N3O3. The van der Waals surface area contributed by atoms with Gasteiger partial charge in [0.2, 0.25) is 11.8 Å². The summed E-state index contributed by atoms with van der Waals surface area (Å²) in [5.41, 5.74) is 0. The third kappa shape index (κ3) is 3.70. The first-order valence-electron chi connectivity index (χ1n) is 7.39. The molecule has 6 heteroatoms. The fourth-order valence-corrected chi connectivity index (χ4v) is 2.96. The number of carbonyl (C=O) groups is 2. The molecule has 6 nitrogen and oxygen atoms in total. The van der Waals surface area contributed by atoms with Crippen molar-refractivity contribution in [3.63, 3.8) is 0 Å². The Labute approximate surface area is 120 Å². The van der Waals surface area contributed by atoms with Crippen LogP contribution in [0.4, 0.5) is 0 Å². The monoisotopic (exact) mass is 283 g/mol. The number of ether oxygens (including phenoxy) is 1. The first kappa shape index (κ1) is 15.3. The van der Waals surface area contributed by atoms with Crippen LogP contribution in [0, 0.1) is 11.8 Å². The van der Waals surface area contributed by atoms with Crippen molar-refractivity contribution in [1.29, 1.82) is 0 Å². The van der Waals surface area contributed by atoms with Gasteiger partial charge in [0.15, 0.2) is 0 Å². The second-order valence-corrected chi connectivity index (χ2v) is 5.84. The fourth-order valence-electron chi connectivity index (χ4n) is 2.96. The van der Waals surface area contributed by atoms with Gasteiger partial charge in [-0.3, -0.25) is 9.59 Å². The molecule has 2 saturated heterocycles. The number of likely N-dealkylation sites (tertiary alicyclic amines) is 1. The van der Waals surface area contributed by atoms with E-state index in [0.717, 1.165) is 25.9 Å². The van der Waals surface area contributed by atoms with Gasteiger partial charge in [-0.1, -0.05) is 6.92 Å². The molecule has 0 aromatic carbocycles. The minimum absolute atomic E-state index is 0.0332. The van der Waals surface area contributed by atoms with Crippen molar-refractivity contribution >= 4 is 11.8 Å². The molecule has 2 aliphatic heterocycles. The predicted molar refractivity (Wildman–Crippen MR) is 75.1 cm³/mol. The molecule has 0 aromatic heterocycles. The Bertz CT molecular complexity index is 354. The van der Waals surface area contributed by atoms with Crippen LogP contribution in [0.2, 0.25) is 0 Å². The highest BCUT2D eigenvalue weighted by atomic mass is 16.5. The molecule has 2 N–H and O–H groups in total. The third-order valence-electron chi connectivity index (χ3n) is 4.32. The van der Waals surface area contributed by atoms with Crippen molar-refractivity contribution in [3.05, 3.63) is 0 Å². The van der Waals surface area contributed by atoms with E-state index in [0.29, 0.717) is 19.0 Å². The van der Waals surface area contributed by atoms with Gasteiger partial charge in [-0.15, -0.1) is 0 Å². The van der Waals surface area contributed by atoms with Gasteiger partial charge in [-0.25, -0.2) is 0 Å². The van der Waals surface area contributed by atoms with Crippen LogP contribution >= 0.6 is 0 Å². The van der Waals surface area contributed by atoms with Gasteiger partial charge in [0, 0.05) is 32.8 Å². The van der Waals surface area contributed by atoms with E-state index >= 15 is 0 Å². The molecule has 0 unspecified atom stereocenters. The van der Waals surface area contributed by atoms with Crippen molar-refractivity contribution in [2.45, 2.75) is 25.8 Å². The topological polar surface area (TPSA) is 70.7 Å². The number of nitrogens with one attached hydrogen (secondary N) is 2. The Morgan fingerprint density at radius 3 is 2.55 bits per heavy atom. The van der Waals surface area contributed by atoms with Crippen molar-refractivity contribution in [1.82, 2.24) is 15.5 Å². The lowest BCUT2D eigenvalue weighted by Crippen LogP contribution is -2.49. The maximum Gasteiger partial charge on any atom is 0.248 e. The molecule has 0 aliphatic carbocycles. The summed E-state index contributed by atoms with van der Waals surface area (Å²) in [6, 6.07) is 0.196. The lowest BCUT2D eigenvalue weighted by atomic mass is 9.96. The Morgan fingerprint density at radius 1 is 1.30 bits per heavy atom. The molecular weight excluding hydrogens is 258 g/mol. The Balaban J connectivity index is 1.74.